The summed E-state index contributed by atoms with van der Waals surface area (Å²) in [5, 5.41) is 0. The summed E-state index contributed by atoms with van der Waals surface area (Å²) in [4.78, 5) is 16.5. The highest BCUT2D eigenvalue weighted by molar-refractivity contribution is 6.62. The number of aryl methyl sites for hydroxylation is 2. The van der Waals surface area contributed by atoms with Gasteiger partial charge in [0.25, 0.3) is 0 Å². The number of hydrogen-bond acceptors (Lipinski definition) is 2. The molecule has 0 aromatic heterocycles. The summed E-state index contributed by atoms with van der Waals surface area (Å²) in [6.07, 6.45) is 12.8. The highest BCUT2D eigenvalue weighted by atomic mass is 16.1. The number of carbonyl (C=O) groups excluding carboxylic acids is 1. The Morgan fingerprint density at radius 1 is 1.04 bits per heavy atom. The molecule has 0 saturated heterocycles. The van der Waals surface area contributed by atoms with Gasteiger partial charge in [0.05, 0.1) is 5.69 Å². The number of fused-ring (bicyclic) bond motifs is 3. The molecule has 0 N–H and O–H groups in total. The first kappa shape index (κ1) is 16.5. The van der Waals surface area contributed by atoms with Gasteiger partial charge in [0.15, 0.2) is 0 Å². The Balaban J connectivity index is 1.43. The van der Waals surface area contributed by atoms with Gasteiger partial charge in [0.1, 0.15) is 5.71 Å². The van der Waals surface area contributed by atoms with Gasteiger partial charge in [0, 0.05) is 11.1 Å². The van der Waals surface area contributed by atoms with Crippen LogP contribution in [0, 0.1) is 0 Å². The Hall–Kier alpha value is -3.00. The van der Waals surface area contributed by atoms with Crippen molar-refractivity contribution >= 4 is 28.8 Å². The summed E-state index contributed by atoms with van der Waals surface area (Å²) < 4.78 is 0. The van der Waals surface area contributed by atoms with Crippen LogP contribution in [-0.2, 0) is 17.6 Å². The normalized spacial score (nSPS) is 15.0. The quantitative estimate of drug-likeness (QED) is 0.661. The molecular weight excluding hydrogens is 318 g/mol. The zero-order valence-corrected chi connectivity index (χ0v) is 14.9. The fraction of sp³-hybridized carbons (Fsp3) is 0.167. The topological polar surface area (TPSA) is 29.4 Å². The van der Waals surface area contributed by atoms with E-state index >= 15 is 0 Å². The number of nitrogens with zero attached hydrogens (tertiary/aromatic N) is 1. The summed E-state index contributed by atoms with van der Waals surface area (Å²) in [6.45, 7) is 2.18. The lowest BCUT2D eigenvalue weighted by Gasteiger charge is -2.05. The summed E-state index contributed by atoms with van der Waals surface area (Å²) >= 11 is 0. The van der Waals surface area contributed by atoms with Crippen LogP contribution >= 0.6 is 0 Å². The minimum Gasteiger partial charge on any atom is -0.288 e. The smallest absolute Gasteiger partial charge is 0.204 e. The predicted molar refractivity (Wildman–Crippen MR) is 109 cm³/mol. The second-order valence-electron chi connectivity index (χ2n) is 6.65. The Kier molecular flexibility index (Phi) is 4.49. The van der Waals surface area contributed by atoms with Crippen LogP contribution in [0.2, 0.25) is 0 Å². The van der Waals surface area contributed by atoms with E-state index in [1.165, 1.54) is 11.1 Å². The molecule has 0 unspecified atom stereocenters. The van der Waals surface area contributed by atoms with Gasteiger partial charge in [-0.15, -0.1) is 0 Å². The SMILES string of the molecule is CCc1ccc(CC/C=C/c2ccc3c(c2)N=C2C(=O)C=CC=C23)cc1. The predicted octanol–water partition coefficient (Wildman–Crippen LogP) is 5.50. The number of ketones is 1. The molecule has 2 aromatic carbocycles. The van der Waals surface area contributed by atoms with Crippen LogP contribution in [0.4, 0.5) is 5.69 Å². The van der Waals surface area contributed by atoms with Crippen LogP contribution in [0.5, 0.6) is 0 Å². The molecule has 0 spiro atoms. The molecular formula is C24H21NO. The Bertz CT molecular complexity index is 972. The van der Waals surface area contributed by atoms with Crippen LogP contribution in [0.1, 0.15) is 35.6 Å². The van der Waals surface area contributed by atoms with Crippen molar-refractivity contribution in [2.24, 2.45) is 4.99 Å². The van der Waals surface area contributed by atoms with E-state index in [1.54, 1.807) is 12.2 Å². The number of benzene rings is 2. The van der Waals surface area contributed by atoms with Gasteiger partial charge in [-0.1, -0.05) is 67.6 Å². The van der Waals surface area contributed by atoms with Crippen molar-refractivity contribution in [3.8, 4) is 0 Å². The van der Waals surface area contributed by atoms with Crippen LogP contribution in [-0.4, -0.2) is 11.5 Å². The first-order valence-electron chi connectivity index (χ1n) is 9.15. The zero-order chi connectivity index (χ0) is 17.9. The molecule has 0 saturated carbocycles. The first-order valence-corrected chi connectivity index (χ1v) is 9.15. The molecule has 2 nitrogen and oxygen atoms in total. The van der Waals surface area contributed by atoms with E-state index in [4.69, 9.17) is 0 Å². The molecule has 1 aliphatic carbocycles. The van der Waals surface area contributed by atoms with E-state index in [-0.39, 0.29) is 5.78 Å². The Labute approximate surface area is 154 Å². The fourth-order valence-corrected chi connectivity index (χ4v) is 3.36. The number of carbonyl (C=O) groups is 1. The van der Waals surface area contributed by atoms with Gasteiger partial charge in [-0.2, -0.15) is 0 Å². The minimum absolute atomic E-state index is 0.00937. The van der Waals surface area contributed by atoms with Crippen LogP contribution < -0.4 is 0 Å². The minimum atomic E-state index is -0.00937. The maximum Gasteiger partial charge on any atom is 0.204 e. The van der Waals surface area contributed by atoms with E-state index in [0.717, 1.165) is 41.6 Å². The Morgan fingerprint density at radius 3 is 2.65 bits per heavy atom. The largest absolute Gasteiger partial charge is 0.288 e. The average Bonchev–Trinajstić information content (AvgIpc) is 3.05. The lowest BCUT2D eigenvalue weighted by atomic mass is 9.96. The highest BCUT2D eigenvalue weighted by Crippen LogP contribution is 2.37. The van der Waals surface area contributed by atoms with Gasteiger partial charge in [-0.05, 0) is 48.1 Å². The van der Waals surface area contributed by atoms with Crippen molar-refractivity contribution in [2.75, 3.05) is 0 Å². The third-order valence-corrected chi connectivity index (χ3v) is 4.88. The van der Waals surface area contributed by atoms with Gasteiger partial charge in [-0.3, -0.25) is 4.79 Å². The molecule has 0 fully saturated rings. The van der Waals surface area contributed by atoms with Crippen LogP contribution in [0.15, 0.2) is 71.8 Å². The molecule has 26 heavy (non-hydrogen) atoms. The Morgan fingerprint density at radius 2 is 1.85 bits per heavy atom. The van der Waals surface area contributed by atoms with Gasteiger partial charge in [-0.25, -0.2) is 4.99 Å². The second-order valence-corrected chi connectivity index (χ2v) is 6.65. The summed E-state index contributed by atoms with van der Waals surface area (Å²) in [5.74, 6) is -0.00937. The number of aliphatic imine (C=N–C) groups is 1. The van der Waals surface area contributed by atoms with E-state index in [0.29, 0.717) is 5.71 Å². The number of rotatable bonds is 5. The van der Waals surface area contributed by atoms with E-state index in [2.05, 4.69) is 66.5 Å². The highest BCUT2D eigenvalue weighted by Gasteiger charge is 2.26. The molecule has 2 aromatic rings. The summed E-state index contributed by atoms with van der Waals surface area (Å²) in [6, 6.07) is 15.1. The third kappa shape index (κ3) is 3.23. The van der Waals surface area contributed by atoms with Crippen LogP contribution in [0.25, 0.3) is 11.6 Å². The van der Waals surface area contributed by atoms with Crippen molar-refractivity contribution in [3.05, 3.63) is 89.0 Å². The van der Waals surface area contributed by atoms with Gasteiger partial charge < -0.3 is 0 Å². The maximum atomic E-state index is 11.9. The molecule has 0 radical (unpaired) electrons. The number of hydrogen-bond donors (Lipinski definition) is 0. The molecule has 0 bridgehead atoms. The molecule has 4 rings (SSSR count). The lowest BCUT2D eigenvalue weighted by molar-refractivity contribution is -0.108. The van der Waals surface area contributed by atoms with E-state index in [9.17, 15) is 4.79 Å². The van der Waals surface area contributed by atoms with Gasteiger partial charge in [0.2, 0.25) is 5.78 Å². The molecule has 128 valence electrons. The molecule has 2 aliphatic rings. The van der Waals surface area contributed by atoms with Gasteiger partial charge >= 0.3 is 0 Å². The van der Waals surface area contributed by atoms with Crippen molar-refractivity contribution in [3.63, 3.8) is 0 Å². The second kappa shape index (κ2) is 7.09. The molecule has 2 heteroatoms. The van der Waals surface area contributed by atoms with Crippen molar-refractivity contribution in [2.45, 2.75) is 26.2 Å². The summed E-state index contributed by atoms with van der Waals surface area (Å²) in [5.41, 5.74) is 7.32. The van der Waals surface area contributed by atoms with Crippen LogP contribution in [0.3, 0.4) is 0 Å². The maximum absolute atomic E-state index is 11.9. The number of allylic oxidation sites excluding steroid dienone is 5. The average molecular weight is 339 g/mol. The third-order valence-electron chi connectivity index (χ3n) is 4.88. The van der Waals surface area contributed by atoms with Crippen molar-refractivity contribution in [1.29, 1.82) is 0 Å². The molecule has 1 heterocycles. The fourth-order valence-electron chi connectivity index (χ4n) is 3.36. The molecule has 0 atom stereocenters. The standard InChI is InChI=1S/C24H21NO/c1-2-17-10-12-18(13-11-17)6-3-4-7-19-14-15-20-21-8-5-9-23(26)24(21)25-22(20)16-19/h4-5,7-16H,2-3,6H2,1H3/b7-4+. The van der Waals surface area contributed by atoms with Crippen molar-refractivity contribution < 1.29 is 4.79 Å². The first-order chi connectivity index (χ1) is 12.7. The monoisotopic (exact) mass is 339 g/mol. The lowest BCUT2D eigenvalue weighted by Crippen LogP contribution is -2.12. The van der Waals surface area contributed by atoms with Crippen molar-refractivity contribution in [1.82, 2.24) is 0 Å². The van der Waals surface area contributed by atoms with E-state index < -0.39 is 0 Å². The summed E-state index contributed by atoms with van der Waals surface area (Å²) in [7, 11) is 0. The zero-order valence-electron chi connectivity index (χ0n) is 14.9. The molecule has 0 amide bonds. The molecule has 1 aliphatic heterocycles. The van der Waals surface area contributed by atoms with E-state index in [1.807, 2.05) is 6.08 Å².